The van der Waals surface area contributed by atoms with Gasteiger partial charge in [0.05, 0.1) is 0 Å². The van der Waals surface area contributed by atoms with E-state index in [4.69, 9.17) is 4.74 Å². The molecule has 0 aromatic heterocycles. The van der Waals surface area contributed by atoms with E-state index in [2.05, 4.69) is 117 Å². The van der Waals surface area contributed by atoms with Gasteiger partial charge in [0.25, 0.3) is 0 Å². The minimum absolute atomic E-state index is 0.0891. The van der Waals surface area contributed by atoms with E-state index < -0.39 is 0 Å². The summed E-state index contributed by atoms with van der Waals surface area (Å²) in [5.41, 5.74) is 10.2. The molecule has 1 heterocycles. The summed E-state index contributed by atoms with van der Waals surface area (Å²) in [6, 6.07) is 39.6. The molecule has 170 valence electrons. The lowest BCUT2D eigenvalue weighted by Gasteiger charge is -2.25. The van der Waals surface area contributed by atoms with Crippen molar-refractivity contribution in [1.29, 1.82) is 0 Å². The summed E-state index contributed by atoms with van der Waals surface area (Å²) in [4.78, 5) is 0. The van der Waals surface area contributed by atoms with Gasteiger partial charge in [-0.25, -0.2) is 0 Å². The lowest BCUT2D eigenvalue weighted by molar-refractivity contribution is 0.489. The Balaban J connectivity index is 1.37. The van der Waals surface area contributed by atoms with E-state index >= 15 is 0 Å². The molecule has 6 aromatic carbocycles. The molecule has 0 atom stereocenters. The maximum atomic E-state index is 6.63. The smallest absolute Gasteiger partial charge is 0.143 e. The van der Waals surface area contributed by atoms with E-state index in [1.807, 2.05) is 6.07 Å². The Kier molecular flexibility index (Phi) is 3.79. The van der Waals surface area contributed by atoms with Crippen molar-refractivity contribution in [1.82, 2.24) is 0 Å². The normalized spacial score (nSPS) is 14.3. The zero-order valence-corrected chi connectivity index (χ0v) is 20.3. The summed E-state index contributed by atoms with van der Waals surface area (Å²) < 4.78 is 6.63. The van der Waals surface area contributed by atoms with Gasteiger partial charge in [0.15, 0.2) is 0 Å². The van der Waals surface area contributed by atoms with Gasteiger partial charge in [-0.05, 0) is 67.7 Å². The van der Waals surface area contributed by atoms with E-state index in [1.54, 1.807) is 0 Å². The molecule has 0 fully saturated rings. The van der Waals surface area contributed by atoms with E-state index in [0.29, 0.717) is 0 Å². The average molecular weight is 461 g/mol. The number of benzene rings is 6. The van der Waals surface area contributed by atoms with E-state index in [0.717, 1.165) is 22.6 Å². The van der Waals surface area contributed by atoms with Crippen LogP contribution in [-0.2, 0) is 5.41 Å². The highest BCUT2D eigenvalue weighted by Gasteiger charge is 2.37. The van der Waals surface area contributed by atoms with Gasteiger partial charge in [0.2, 0.25) is 0 Å². The van der Waals surface area contributed by atoms with Crippen LogP contribution in [0.25, 0.3) is 54.9 Å². The highest BCUT2D eigenvalue weighted by atomic mass is 16.5. The Hall–Kier alpha value is -4.36. The van der Waals surface area contributed by atoms with Crippen LogP contribution in [-0.4, -0.2) is 0 Å². The second-order valence-corrected chi connectivity index (χ2v) is 10.5. The lowest BCUT2D eigenvalue weighted by atomic mass is 9.79. The standard InChI is InChI=1S/C35H24O/c1-35(2)30-20-23(16-18-26(30)29-19-14-21-8-3-4-10-24(21)33(29)35)25-17-15-22-9-7-12-28-27-11-5-6-13-31(27)36-34(25)32(22)28/h3-20H,1-2H3. The quantitative estimate of drug-likeness (QED) is 0.237. The highest BCUT2D eigenvalue weighted by Crippen LogP contribution is 2.54. The SMILES string of the molecule is CC1(C)c2cc(-c3ccc4cccc5c4c3Oc3ccccc3-5)ccc2-c2ccc3ccccc3c21. The van der Waals surface area contributed by atoms with Crippen LogP contribution in [0, 0.1) is 0 Å². The van der Waals surface area contributed by atoms with Crippen LogP contribution in [0.2, 0.25) is 0 Å². The summed E-state index contributed by atoms with van der Waals surface area (Å²) >= 11 is 0. The van der Waals surface area contributed by atoms with Gasteiger partial charge in [0.1, 0.15) is 11.5 Å². The first-order valence-electron chi connectivity index (χ1n) is 12.6. The van der Waals surface area contributed by atoms with Crippen molar-refractivity contribution in [3.63, 3.8) is 0 Å². The fourth-order valence-corrected chi connectivity index (χ4v) is 6.56. The summed E-state index contributed by atoms with van der Waals surface area (Å²) in [7, 11) is 0. The molecule has 8 rings (SSSR count). The molecule has 1 heteroatoms. The second kappa shape index (κ2) is 6.86. The zero-order chi connectivity index (χ0) is 24.0. The summed E-state index contributed by atoms with van der Waals surface area (Å²) in [6.45, 7) is 4.73. The Morgan fingerprint density at radius 3 is 2.22 bits per heavy atom. The first-order valence-corrected chi connectivity index (χ1v) is 12.6. The highest BCUT2D eigenvalue weighted by molar-refractivity contribution is 6.08. The number of hydrogen-bond acceptors (Lipinski definition) is 1. The largest absolute Gasteiger partial charge is 0.455 e. The number of rotatable bonds is 1. The second-order valence-electron chi connectivity index (χ2n) is 10.5. The first kappa shape index (κ1) is 19.9. The molecular formula is C35H24O. The number of ether oxygens (including phenoxy) is 1. The van der Waals surface area contributed by atoms with Crippen molar-refractivity contribution in [2.75, 3.05) is 0 Å². The van der Waals surface area contributed by atoms with Crippen molar-refractivity contribution in [3.8, 4) is 44.9 Å². The molecule has 1 aliphatic carbocycles. The third kappa shape index (κ3) is 2.50. The number of para-hydroxylation sites is 1. The molecule has 6 aromatic rings. The van der Waals surface area contributed by atoms with Crippen LogP contribution < -0.4 is 4.74 Å². The average Bonchev–Trinajstić information content (AvgIpc) is 3.15. The Morgan fingerprint density at radius 2 is 1.28 bits per heavy atom. The molecule has 36 heavy (non-hydrogen) atoms. The van der Waals surface area contributed by atoms with Gasteiger partial charge < -0.3 is 4.74 Å². The van der Waals surface area contributed by atoms with Gasteiger partial charge in [0, 0.05) is 21.9 Å². The van der Waals surface area contributed by atoms with E-state index in [9.17, 15) is 0 Å². The molecule has 0 unspecified atom stereocenters. The van der Waals surface area contributed by atoms with Crippen molar-refractivity contribution < 1.29 is 4.74 Å². The minimum atomic E-state index is -0.0891. The Bertz CT molecular complexity index is 1890. The zero-order valence-electron chi connectivity index (χ0n) is 20.3. The molecule has 0 N–H and O–H groups in total. The third-order valence-electron chi connectivity index (χ3n) is 8.24. The predicted octanol–water partition coefficient (Wildman–Crippen LogP) is 9.74. The van der Waals surface area contributed by atoms with Crippen LogP contribution in [0.3, 0.4) is 0 Å². The van der Waals surface area contributed by atoms with Crippen LogP contribution in [0.15, 0.2) is 109 Å². The lowest BCUT2D eigenvalue weighted by Crippen LogP contribution is -2.15. The fraction of sp³-hybridized carbons (Fsp3) is 0.0857. The number of hydrogen-bond donors (Lipinski definition) is 0. The van der Waals surface area contributed by atoms with Gasteiger partial charge in [-0.15, -0.1) is 0 Å². The van der Waals surface area contributed by atoms with Crippen LogP contribution in [0.1, 0.15) is 25.0 Å². The molecule has 0 radical (unpaired) electrons. The van der Waals surface area contributed by atoms with Crippen LogP contribution in [0.5, 0.6) is 11.5 Å². The molecule has 2 aliphatic rings. The monoisotopic (exact) mass is 460 g/mol. The minimum Gasteiger partial charge on any atom is -0.455 e. The maximum Gasteiger partial charge on any atom is 0.143 e. The van der Waals surface area contributed by atoms with Crippen molar-refractivity contribution in [3.05, 3.63) is 120 Å². The van der Waals surface area contributed by atoms with Gasteiger partial charge in [-0.1, -0.05) is 105 Å². The Labute approximate surface area is 210 Å². The molecule has 0 spiro atoms. The summed E-state index contributed by atoms with van der Waals surface area (Å²) in [5, 5.41) is 5.06. The van der Waals surface area contributed by atoms with Crippen LogP contribution in [0.4, 0.5) is 0 Å². The molecule has 1 aliphatic heterocycles. The predicted molar refractivity (Wildman–Crippen MR) is 150 cm³/mol. The van der Waals surface area contributed by atoms with Crippen LogP contribution >= 0.6 is 0 Å². The third-order valence-corrected chi connectivity index (χ3v) is 8.24. The molecular weight excluding hydrogens is 436 g/mol. The maximum absolute atomic E-state index is 6.63. The molecule has 0 amide bonds. The first-order chi connectivity index (χ1) is 17.6. The number of fused-ring (bicyclic) bond motifs is 7. The van der Waals surface area contributed by atoms with Gasteiger partial charge in [-0.2, -0.15) is 0 Å². The molecule has 0 bridgehead atoms. The van der Waals surface area contributed by atoms with E-state index in [-0.39, 0.29) is 5.41 Å². The Morgan fingerprint density at radius 1 is 0.556 bits per heavy atom. The molecule has 0 saturated heterocycles. The summed E-state index contributed by atoms with van der Waals surface area (Å²) in [5.74, 6) is 1.88. The van der Waals surface area contributed by atoms with Crippen molar-refractivity contribution in [2.45, 2.75) is 19.3 Å². The topological polar surface area (TPSA) is 9.23 Å². The molecule has 0 saturated carbocycles. The van der Waals surface area contributed by atoms with Gasteiger partial charge >= 0.3 is 0 Å². The van der Waals surface area contributed by atoms with Crippen molar-refractivity contribution >= 4 is 21.5 Å². The van der Waals surface area contributed by atoms with E-state index in [1.165, 1.54) is 54.9 Å². The fourth-order valence-electron chi connectivity index (χ4n) is 6.56. The summed E-state index contributed by atoms with van der Waals surface area (Å²) in [6.07, 6.45) is 0. The van der Waals surface area contributed by atoms with Gasteiger partial charge in [-0.3, -0.25) is 0 Å². The molecule has 1 nitrogen and oxygen atoms in total. The van der Waals surface area contributed by atoms with Crippen molar-refractivity contribution in [2.24, 2.45) is 0 Å².